The minimum absolute atomic E-state index is 0.158. The Morgan fingerprint density at radius 1 is 1.19 bits per heavy atom. The van der Waals surface area contributed by atoms with E-state index in [9.17, 15) is 18.0 Å². The molecule has 0 aromatic rings. The lowest BCUT2D eigenvalue weighted by Crippen LogP contribution is -2.65. The normalized spacial score (nSPS) is 42.7. The molecule has 4 rings (SSSR count). The first kappa shape index (κ1) is 14.9. The Morgan fingerprint density at radius 2 is 1.67 bits per heavy atom. The molecular formula is C16H21F3O2. The molecular weight excluding hydrogens is 281 g/mol. The predicted molar refractivity (Wildman–Crippen MR) is 71.3 cm³/mol. The summed E-state index contributed by atoms with van der Waals surface area (Å²) in [6.07, 6.45) is 0.816. The molecule has 118 valence electrons. The van der Waals surface area contributed by atoms with Crippen LogP contribution < -0.4 is 0 Å². The van der Waals surface area contributed by atoms with Gasteiger partial charge in [0.15, 0.2) is 0 Å². The fourth-order valence-electron chi connectivity index (χ4n) is 5.35. The molecule has 4 fully saturated rings. The van der Waals surface area contributed by atoms with E-state index >= 15 is 0 Å². The van der Waals surface area contributed by atoms with Crippen LogP contribution in [-0.2, 0) is 9.53 Å². The number of hydrogen-bond acceptors (Lipinski definition) is 2. The van der Waals surface area contributed by atoms with Gasteiger partial charge in [0, 0.05) is 17.9 Å². The van der Waals surface area contributed by atoms with Crippen LogP contribution in [0.5, 0.6) is 0 Å². The molecule has 0 spiro atoms. The Balaban J connectivity index is 2.00. The second kappa shape index (κ2) is 4.75. The number of rotatable bonds is 3. The van der Waals surface area contributed by atoms with Crippen molar-refractivity contribution in [3.63, 3.8) is 0 Å². The summed E-state index contributed by atoms with van der Waals surface area (Å²) in [7, 11) is 0. The molecule has 4 aliphatic rings. The van der Waals surface area contributed by atoms with Gasteiger partial charge >= 0.3 is 12.1 Å². The Bertz CT molecular complexity index is 427. The summed E-state index contributed by atoms with van der Waals surface area (Å²) in [6, 6.07) is 0. The lowest BCUT2D eigenvalue weighted by molar-refractivity contribution is -0.284. The van der Waals surface area contributed by atoms with E-state index < -0.39 is 23.7 Å². The molecule has 4 aliphatic carbocycles. The fourth-order valence-corrected chi connectivity index (χ4v) is 5.35. The molecule has 2 nitrogen and oxygen atoms in total. The van der Waals surface area contributed by atoms with Crippen molar-refractivity contribution in [1.29, 1.82) is 0 Å². The number of esters is 1. The van der Waals surface area contributed by atoms with Crippen LogP contribution >= 0.6 is 0 Å². The lowest BCUT2D eigenvalue weighted by atomic mass is 9.47. The van der Waals surface area contributed by atoms with Gasteiger partial charge < -0.3 is 4.74 Å². The van der Waals surface area contributed by atoms with E-state index in [1.807, 2.05) is 0 Å². The molecule has 0 radical (unpaired) electrons. The van der Waals surface area contributed by atoms with Gasteiger partial charge in [-0.2, -0.15) is 13.2 Å². The zero-order valence-electron chi connectivity index (χ0n) is 12.2. The largest absolute Gasteiger partial charge is 0.455 e. The van der Waals surface area contributed by atoms with Crippen molar-refractivity contribution in [3.8, 4) is 0 Å². The van der Waals surface area contributed by atoms with E-state index in [4.69, 9.17) is 4.74 Å². The van der Waals surface area contributed by atoms with Crippen LogP contribution in [-0.4, -0.2) is 17.7 Å². The molecule has 0 amide bonds. The minimum atomic E-state index is -4.35. The Hall–Kier alpha value is -1.00. The first-order valence-corrected chi connectivity index (χ1v) is 7.69. The van der Waals surface area contributed by atoms with Crippen molar-refractivity contribution in [2.45, 2.75) is 50.8 Å². The van der Waals surface area contributed by atoms with E-state index in [0.717, 1.165) is 38.2 Å². The summed E-state index contributed by atoms with van der Waals surface area (Å²) >= 11 is 0. The topological polar surface area (TPSA) is 26.3 Å². The van der Waals surface area contributed by atoms with Crippen LogP contribution in [0.3, 0.4) is 0 Å². The molecule has 0 heterocycles. The number of hydrogen-bond donors (Lipinski definition) is 0. The summed E-state index contributed by atoms with van der Waals surface area (Å²) in [5, 5.41) is 0. The first-order chi connectivity index (χ1) is 9.77. The number of alkyl halides is 3. The fraction of sp³-hybridized carbons (Fsp3) is 0.812. The zero-order chi connectivity index (χ0) is 15.4. The number of halogens is 3. The third kappa shape index (κ3) is 2.20. The number of carbonyl (C=O) groups is 1. The predicted octanol–water partition coefficient (Wildman–Crippen LogP) is 4.11. The van der Waals surface area contributed by atoms with Crippen LogP contribution in [0.2, 0.25) is 0 Å². The molecule has 1 atom stereocenters. The highest BCUT2D eigenvalue weighted by Crippen LogP contribution is 2.63. The summed E-state index contributed by atoms with van der Waals surface area (Å²) < 4.78 is 45.8. The van der Waals surface area contributed by atoms with Gasteiger partial charge in [-0.3, -0.25) is 0 Å². The van der Waals surface area contributed by atoms with Crippen LogP contribution in [0, 0.1) is 29.6 Å². The average Bonchev–Trinajstić information content (AvgIpc) is 2.40. The zero-order valence-corrected chi connectivity index (χ0v) is 12.2. The first-order valence-electron chi connectivity index (χ1n) is 7.69. The van der Waals surface area contributed by atoms with Gasteiger partial charge in [-0.1, -0.05) is 6.58 Å². The standard InChI is InChI=1S/C16H21F3O2/c1-3-14(20)21-15(9(2)16(17,18)19)12-5-10-4-11(7-12)8-13(15)6-10/h3,9-13H,1,4-8H2,2H3. The van der Waals surface area contributed by atoms with Crippen molar-refractivity contribution < 1.29 is 22.7 Å². The molecule has 0 saturated heterocycles. The van der Waals surface area contributed by atoms with E-state index in [2.05, 4.69) is 6.58 Å². The second-order valence-electron chi connectivity index (χ2n) is 7.05. The molecule has 0 N–H and O–H groups in total. The molecule has 0 aliphatic heterocycles. The molecule has 1 unspecified atom stereocenters. The van der Waals surface area contributed by atoms with Gasteiger partial charge in [-0.25, -0.2) is 4.79 Å². The van der Waals surface area contributed by atoms with E-state index in [1.54, 1.807) is 0 Å². The van der Waals surface area contributed by atoms with Gasteiger partial charge in [-0.05, 0) is 50.9 Å². The van der Waals surface area contributed by atoms with Crippen molar-refractivity contribution in [2.75, 3.05) is 0 Å². The molecule has 4 saturated carbocycles. The maximum atomic E-state index is 13.4. The number of ether oxygens (including phenoxy) is 1. The molecule has 0 aromatic heterocycles. The minimum Gasteiger partial charge on any atom is -0.455 e. The van der Waals surface area contributed by atoms with Crippen molar-refractivity contribution >= 4 is 5.97 Å². The van der Waals surface area contributed by atoms with E-state index in [0.29, 0.717) is 11.8 Å². The maximum absolute atomic E-state index is 13.4. The smallest absolute Gasteiger partial charge is 0.395 e. The van der Waals surface area contributed by atoms with Gasteiger partial charge in [0.05, 0.1) is 5.92 Å². The lowest BCUT2D eigenvalue weighted by Gasteiger charge is -2.62. The van der Waals surface area contributed by atoms with Gasteiger partial charge in [0.2, 0.25) is 0 Å². The average molecular weight is 302 g/mol. The summed E-state index contributed by atoms with van der Waals surface area (Å²) in [6.45, 7) is 4.52. The Morgan fingerprint density at radius 3 is 2.05 bits per heavy atom. The van der Waals surface area contributed by atoms with Crippen LogP contribution in [0.25, 0.3) is 0 Å². The highest BCUT2D eigenvalue weighted by Gasteiger charge is 2.66. The molecule has 5 heteroatoms. The van der Waals surface area contributed by atoms with Gasteiger partial charge in [0.1, 0.15) is 5.60 Å². The Labute approximate surface area is 122 Å². The van der Waals surface area contributed by atoms with Gasteiger partial charge in [-0.15, -0.1) is 0 Å². The van der Waals surface area contributed by atoms with Crippen molar-refractivity contribution in [3.05, 3.63) is 12.7 Å². The van der Waals surface area contributed by atoms with Crippen molar-refractivity contribution in [2.24, 2.45) is 29.6 Å². The quantitative estimate of drug-likeness (QED) is 0.579. The summed E-state index contributed by atoms with van der Waals surface area (Å²) in [5.74, 6) is -1.63. The monoisotopic (exact) mass is 302 g/mol. The summed E-state index contributed by atoms with van der Waals surface area (Å²) in [5.41, 5.74) is -1.38. The van der Waals surface area contributed by atoms with E-state index in [1.165, 1.54) is 6.92 Å². The van der Waals surface area contributed by atoms with Crippen LogP contribution in [0.1, 0.15) is 39.0 Å². The third-order valence-corrected chi connectivity index (χ3v) is 6.03. The second-order valence-corrected chi connectivity index (χ2v) is 7.05. The SMILES string of the molecule is C=CC(=O)OC1(C(C)C(F)(F)F)C2CC3CC(C2)CC1C3. The number of carbonyl (C=O) groups excluding carboxylic acids is 1. The van der Waals surface area contributed by atoms with Crippen LogP contribution in [0.15, 0.2) is 12.7 Å². The Kier molecular flexibility index (Phi) is 3.37. The third-order valence-electron chi connectivity index (χ3n) is 6.03. The highest BCUT2D eigenvalue weighted by molar-refractivity contribution is 5.81. The maximum Gasteiger partial charge on any atom is 0.395 e. The highest BCUT2D eigenvalue weighted by atomic mass is 19.4. The molecule has 0 aromatic carbocycles. The van der Waals surface area contributed by atoms with Gasteiger partial charge in [0.25, 0.3) is 0 Å². The van der Waals surface area contributed by atoms with Crippen LogP contribution in [0.4, 0.5) is 13.2 Å². The molecule has 4 bridgehead atoms. The molecule has 21 heavy (non-hydrogen) atoms. The van der Waals surface area contributed by atoms with E-state index in [-0.39, 0.29) is 11.8 Å². The van der Waals surface area contributed by atoms with Crippen molar-refractivity contribution in [1.82, 2.24) is 0 Å². The summed E-state index contributed by atoms with van der Waals surface area (Å²) in [4.78, 5) is 11.7.